The fourth-order valence-electron chi connectivity index (χ4n) is 1.88. The van der Waals surface area contributed by atoms with Gasteiger partial charge in [-0.2, -0.15) is 0 Å². The van der Waals surface area contributed by atoms with Crippen LogP contribution < -0.4 is 0 Å². The van der Waals surface area contributed by atoms with E-state index < -0.39 is 23.1 Å². The standard InChI is InChI=1S/C9H12O4/c1-9(2)4-5(10)3-6(11)7(9)8(12)13/h7H,3-4H2,1-2H3,(H,12,13). The van der Waals surface area contributed by atoms with Gasteiger partial charge in [0.1, 0.15) is 11.7 Å². The Morgan fingerprint density at radius 2 is 2.00 bits per heavy atom. The summed E-state index contributed by atoms with van der Waals surface area (Å²) in [7, 11) is 0. The second-order valence-corrected chi connectivity index (χ2v) is 4.12. The smallest absolute Gasteiger partial charge is 0.314 e. The van der Waals surface area contributed by atoms with Crippen LogP contribution in [0.25, 0.3) is 0 Å². The van der Waals surface area contributed by atoms with Gasteiger partial charge in [0, 0.05) is 6.42 Å². The fraction of sp³-hybridized carbons (Fsp3) is 0.667. The van der Waals surface area contributed by atoms with E-state index in [1.807, 2.05) is 0 Å². The Balaban J connectivity index is 2.99. The number of carbonyl (C=O) groups excluding carboxylic acids is 2. The highest BCUT2D eigenvalue weighted by atomic mass is 16.4. The molecule has 1 aliphatic rings. The molecule has 4 nitrogen and oxygen atoms in total. The first-order valence-corrected chi connectivity index (χ1v) is 4.12. The van der Waals surface area contributed by atoms with E-state index in [9.17, 15) is 14.4 Å². The van der Waals surface area contributed by atoms with E-state index in [1.54, 1.807) is 13.8 Å². The van der Waals surface area contributed by atoms with Gasteiger partial charge in [0.25, 0.3) is 0 Å². The summed E-state index contributed by atoms with van der Waals surface area (Å²) in [5, 5.41) is 8.80. The molecule has 1 rings (SSSR count). The largest absolute Gasteiger partial charge is 0.481 e. The molecule has 0 amide bonds. The summed E-state index contributed by atoms with van der Waals surface area (Å²) in [6, 6.07) is 0. The summed E-state index contributed by atoms with van der Waals surface area (Å²) in [5.74, 6) is -2.77. The Morgan fingerprint density at radius 3 is 2.38 bits per heavy atom. The van der Waals surface area contributed by atoms with Crippen LogP contribution in [0.3, 0.4) is 0 Å². The second-order valence-electron chi connectivity index (χ2n) is 4.12. The fourth-order valence-corrected chi connectivity index (χ4v) is 1.88. The Kier molecular flexibility index (Phi) is 2.24. The van der Waals surface area contributed by atoms with Crippen LogP contribution in [0.1, 0.15) is 26.7 Å². The van der Waals surface area contributed by atoms with Gasteiger partial charge in [-0.1, -0.05) is 13.8 Å². The third kappa shape index (κ3) is 1.76. The average molecular weight is 184 g/mol. The summed E-state index contributed by atoms with van der Waals surface area (Å²) in [6.45, 7) is 3.28. The summed E-state index contributed by atoms with van der Waals surface area (Å²) < 4.78 is 0. The van der Waals surface area contributed by atoms with Gasteiger partial charge in [0.2, 0.25) is 0 Å². The molecule has 1 unspecified atom stereocenters. The molecule has 1 N–H and O–H groups in total. The van der Waals surface area contributed by atoms with Crippen LogP contribution in [-0.2, 0) is 14.4 Å². The van der Waals surface area contributed by atoms with Crippen molar-refractivity contribution in [3.63, 3.8) is 0 Å². The van der Waals surface area contributed by atoms with Crippen molar-refractivity contribution < 1.29 is 19.5 Å². The molecule has 0 aromatic heterocycles. The molecule has 1 saturated carbocycles. The monoisotopic (exact) mass is 184 g/mol. The number of hydrogen-bond acceptors (Lipinski definition) is 3. The molecule has 0 aromatic carbocycles. The lowest BCUT2D eigenvalue weighted by atomic mass is 9.68. The van der Waals surface area contributed by atoms with Gasteiger partial charge in [0.15, 0.2) is 5.78 Å². The predicted molar refractivity (Wildman–Crippen MR) is 44.2 cm³/mol. The molecule has 4 heteroatoms. The maximum absolute atomic E-state index is 11.3. The van der Waals surface area contributed by atoms with E-state index in [0.717, 1.165) is 0 Å². The SMILES string of the molecule is CC1(C)CC(=O)CC(=O)C1C(=O)O. The van der Waals surface area contributed by atoms with Crippen molar-refractivity contribution in [3.8, 4) is 0 Å². The zero-order chi connectivity index (χ0) is 10.2. The molecule has 0 aliphatic heterocycles. The molecule has 0 aromatic rings. The molecule has 1 atom stereocenters. The van der Waals surface area contributed by atoms with Gasteiger partial charge in [-0.25, -0.2) is 0 Å². The van der Waals surface area contributed by atoms with Crippen molar-refractivity contribution in [2.45, 2.75) is 26.7 Å². The van der Waals surface area contributed by atoms with Crippen LogP contribution in [0.2, 0.25) is 0 Å². The summed E-state index contributed by atoms with van der Waals surface area (Å²) >= 11 is 0. The van der Waals surface area contributed by atoms with Crippen molar-refractivity contribution in [2.75, 3.05) is 0 Å². The van der Waals surface area contributed by atoms with Crippen molar-refractivity contribution in [3.05, 3.63) is 0 Å². The minimum absolute atomic E-state index is 0.160. The van der Waals surface area contributed by atoms with Crippen molar-refractivity contribution in [2.24, 2.45) is 11.3 Å². The quantitative estimate of drug-likeness (QED) is 0.607. The number of rotatable bonds is 1. The number of carboxylic acid groups (broad SMARTS) is 1. The van der Waals surface area contributed by atoms with E-state index in [2.05, 4.69) is 0 Å². The normalized spacial score (nSPS) is 27.4. The molecular formula is C9H12O4. The zero-order valence-corrected chi connectivity index (χ0v) is 7.66. The minimum Gasteiger partial charge on any atom is -0.481 e. The molecule has 1 fully saturated rings. The molecule has 0 saturated heterocycles. The summed E-state index contributed by atoms with van der Waals surface area (Å²) in [4.78, 5) is 33.1. The van der Waals surface area contributed by atoms with E-state index in [0.29, 0.717) is 0 Å². The second kappa shape index (κ2) is 2.94. The van der Waals surface area contributed by atoms with Crippen molar-refractivity contribution in [1.82, 2.24) is 0 Å². The summed E-state index contributed by atoms with van der Waals surface area (Å²) in [6.07, 6.45) is -0.0455. The first-order valence-electron chi connectivity index (χ1n) is 4.12. The third-order valence-corrected chi connectivity index (χ3v) is 2.37. The molecule has 13 heavy (non-hydrogen) atoms. The molecule has 0 radical (unpaired) electrons. The Hall–Kier alpha value is -1.19. The molecule has 0 bridgehead atoms. The van der Waals surface area contributed by atoms with E-state index >= 15 is 0 Å². The number of carbonyl (C=O) groups is 3. The lowest BCUT2D eigenvalue weighted by Gasteiger charge is -2.33. The number of Topliss-reactive ketones (excluding diaryl/α,β-unsaturated/α-hetero) is 2. The van der Waals surface area contributed by atoms with Gasteiger partial charge in [0.05, 0.1) is 6.42 Å². The number of ketones is 2. The van der Waals surface area contributed by atoms with E-state index in [-0.39, 0.29) is 18.6 Å². The Morgan fingerprint density at radius 1 is 1.46 bits per heavy atom. The number of carboxylic acids is 1. The molecule has 0 spiro atoms. The van der Waals surface area contributed by atoms with Crippen LogP contribution in [0.4, 0.5) is 0 Å². The van der Waals surface area contributed by atoms with Crippen LogP contribution in [-0.4, -0.2) is 22.6 Å². The van der Waals surface area contributed by atoms with Crippen LogP contribution in [0.5, 0.6) is 0 Å². The third-order valence-electron chi connectivity index (χ3n) is 2.37. The van der Waals surface area contributed by atoms with Gasteiger partial charge < -0.3 is 5.11 Å². The van der Waals surface area contributed by atoms with Crippen molar-refractivity contribution in [1.29, 1.82) is 0 Å². The molecule has 0 heterocycles. The lowest BCUT2D eigenvalue weighted by molar-refractivity contribution is -0.155. The van der Waals surface area contributed by atoms with Crippen LogP contribution in [0, 0.1) is 11.3 Å². The molecule has 72 valence electrons. The zero-order valence-electron chi connectivity index (χ0n) is 7.66. The Bertz CT molecular complexity index is 277. The van der Waals surface area contributed by atoms with Crippen LogP contribution >= 0.6 is 0 Å². The highest BCUT2D eigenvalue weighted by molar-refractivity contribution is 6.10. The Labute approximate surface area is 75.9 Å². The lowest BCUT2D eigenvalue weighted by Crippen LogP contribution is -2.43. The predicted octanol–water partition coefficient (Wildman–Crippen LogP) is 0.645. The highest BCUT2D eigenvalue weighted by Gasteiger charge is 2.46. The van der Waals surface area contributed by atoms with Gasteiger partial charge in [-0.15, -0.1) is 0 Å². The van der Waals surface area contributed by atoms with Crippen LogP contribution in [0.15, 0.2) is 0 Å². The van der Waals surface area contributed by atoms with Gasteiger partial charge in [-0.3, -0.25) is 14.4 Å². The highest BCUT2D eigenvalue weighted by Crippen LogP contribution is 2.36. The van der Waals surface area contributed by atoms with E-state index in [4.69, 9.17) is 5.11 Å². The van der Waals surface area contributed by atoms with Gasteiger partial charge >= 0.3 is 5.97 Å². The number of aliphatic carboxylic acids is 1. The maximum Gasteiger partial charge on any atom is 0.314 e. The molecule has 1 aliphatic carbocycles. The van der Waals surface area contributed by atoms with Crippen molar-refractivity contribution >= 4 is 17.5 Å². The summed E-state index contributed by atoms with van der Waals surface area (Å²) in [5.41, 5.74) is -0.738. The van der Waals surface area contributed by atoms with E-state index in [1.165, 1.54) is 0 Å². The van der Waals surface area contributed by atoms with Gasteiger partial charge in [-0.05, 0) is 5.41 Å². The average Bonchev–Trinajstić information content (AvgIpc) is 1.78. The molecular weight excluding hydrogens is 172 g/mol. The maximum atomic E-state index is 11.3. The number of hydrogen-bond donors (Lipinski definition) is 1. The first kappa shape index (κ1) is 9.89. The first-order chi connectivity index (χ1) is 5.84. The topological polar surface area (TPSA) is 71.4 Å². The minimum atomic E-state index is -1.12.